The van der Waals surface area contributed by atoms with Gasteiger partial charge >= 0.3 is 0 Å². The van der Waals surface area contributed by atoms with E-state index in [2.05, 4.69) is 0 Å². The van der Waals surface area contributed by atoms with Crippen LogP contribution in [0.25, 0.3) is 0 Å². The molecule has 0 bridgehead atoms. The van der Waals surface area contributed by atoms with Crippen LogP contribution in [0.3, 0.4) is 0 Å². The van der Waals surface area contributed by atoms with E-state index in [1.807, 2.05) is 0 Å². The second-order valence-corrected chi connectivity index (χ2v) is 5.96. The fourth-order valence-electron chi connectivity index (χ4n) is 1.37. The quantitative estimate of drug-likeness (QED) is 0.824. The topological polar surface area (TPSA) is 78.2 Å². The first-order valence-corrected chi connectivity index (χ1v) is 7.04. The van der Waals surface area contributed by atoms with E-state index in [0.29, 0.717) is 5.69 Å². The number of anilines is 1. The van der Waals surface area contributed by atoms with Crippen LogP contribution in [0.2, 0.25) is 0 Å². The lowest BCUT2D eigenvalue weighted by Crippen LogP contribution is -2.25. The van der Waals surface area contributed by atoms with Crippen LogP contribution in [-0.4, -0.2) is 27.1 Å². The van der Waals surface area contributed by atoms with Crippen LogP contribution in [-0.2, 0) is 14.6 Å². The van der Waals surface area contributed by atoms with Crippen LogP contribution in [0.5, 0.6) is 0 Å². The molecular formula is C12H14N2O3S. The molecule has 1 aromatic rings. The number of hydrogen-bond donors (Lipinski definition) is 0. The van der Waals surface area contributed by atoms with E-state index in [4.69, 9.17) is 5.26 Å². The van der Waals surface area contributed by atoms with Gasteiger partial charge in [0, 0.05) is 12.7 Å². The van der Waals surface area contributed by atoms with Gasteiger partial charge in [0.05, 0.1) is 16.7 Å². The fourth-order valence-corrected chi connectivity index (χ4v) is 2.26. The molecule has 5 nitrogen and oxygen atoms in total. The van der Waals surface area contributed by atoms with E-state index in [1.165, 1.54) is 17.0 Å². The van der Waals surface area contributed by atoms with Gasteiger partial charge < -0.3 is 4.90 Å². The molecule has 0 atom stereocenters. The third-order valence-electron chi connectivity index (χ3n) is 2.57. The van der Waals surface area contributed by atoms with Crippen LogP contribution in [0, 0.1) is 11.3 Å². The zero-order valence-electron chi connectivity index (χ0n) is 10.3. The highest BCUT2D eigenvalue weighted by Crippen LogP contribution is 2.18. The van der Waals surface area contributed by atoms with Gasteiger partial charge in [0.25, 0.3) is 0 Å². The van der Waals surface area contributed by atoms with Crippen molar-refractivity contribution in [1.29, 1.82) is 5.26 Å². The minimum absolute atomic E-state index is 0.0373. The summed E-state index contributed by atoms with van der Waals surface area (Å²) < 4.78 is 23.2. The smallest absolute Gasteiger partial charge is 0.240 e. The van der Waals surface area contributed by atoms with Crippen LogP contribution < -0.4 is 4.90 Å². The Hall–Kier alpha value is -1.87. The molecule has 0 saturated carbocycles. The zero-order valence-corrected chi connectivity index (χ0v) is 11.1. The molecule has 0 heterocycles. The first kappa shape index (κ1) is 14.2. The van der Waals surface area contributed by atoms with Crippen molar-refractivity contribution in [2.24, 2.45) is 0 Å². The Kier molecular flexibility index (Phi) is 4.45. The van der Waals surface area contributed by atoms with Crippen molar-refractivity contribution in [1.82, 2.24) is 0 Å². The Bertz CT molecular complexity index is 570. The van der Waals surface area contributed by atoms with Gasteiger partial charge in [-0.05, 0) is 24.3 Å². The summed E-state index contributed by atoms with van der Waals surface area (Å²) >= 11 is 0. The van der Waals surface area contributed by atoms with Gasteiger partial charge in [0.1, 0.15) is 6.42 Å². The van der Waals surface area contributed by atoms with Crippen LogP contribution in [0.1, 0.15) is 13.3 Å². The maximum Gasteiger partial charge on any atom is 0.240 e. The minimum atomic E-state index is -3.23. The summed E-state index contributed by atoms with van der Waals surface area (Å²) in [7, 11) is -1.68. The number of sulfone groups is 1. The maximum absolute atomic E-state index is 11.6. The Morgan fingerprint density at radius 3 is 2.33 bits per heavy atom. The number of benzene rings is 1. The van der Waals surface area contributed by atoms with Crippen molar-refractivity contribution < 1.29 is 13.2 Å². The Morgan fingerprint density at radius 1 is 1.33 bits per heavy atom. The molecule has 0 radical (unpaired) electrons. The van der Waals surface area contributed by atoms with E-state index in [-0.39, 0.29) is 23.0 Å². The van der Waals surface area contributed by atoms with Crippen molar-refractivity contribution in [3.8, 4) is 6.07 Å². The summed E-state index contributed by atoms with van der Waals surface area (Å²) in [5.41, 5.74) is 0.560. The standard InChI is InChI=1S/C12H14N2O3S/c1-3-18(16,17)11-6-4-10(5-7-11)14(2)12(15)8-9-13/h4-7H,3,8H2,1-2H3. The van der Waals surface area contributed by atoms with E-state index in [0.717, 1.165) is 0 Å². The number of rotatable bonds is 4. The molecule has 0 spiro atoms. The third-order valence-corrected chi connectivity index (χ3v) is 4.32. The van der Waals surface area contributed by atoms with Gasteiger partial charge in [0.2, 0.25) is 5.91 Å². The second-order valence-electron chi connectivity index (χ2n) is 3.68. The Labute approximate surface area is 107 Å². The van der Waals surface area contributed by atoms with Gasteiger partial charge in [-0.2, -0.15) is 5.26 Å². The highest BCUT2D eigenvalue weighted by Gasteiger charge is 2.13. The molecular weight excluding hydrogens is 252 g/mol. The monoisotopic (exact) mass is 266 g/mol. The molecule has 96 valence electrons. The number of hydrogen-bond acceptors (Lipinski definition) is 4. The first-order chi connectivity index (χ1) is 8.42. The van der Waals surface area contributed by atoms with E-state index in [1.54, 1.807) is 32.2 Å². The van der Waals surface area contributed by atoms with Gasteiger partial charge in [-0.25, -0.2) is 8.42 Å². The van der Waals surface area contributed by atoms with Gasteiger partial charge in [-0.3, -0.25) is 4.79 Å². The highest BCUT2D eigenvalue weighted by atomic mass is 32.2. The number of nitriles is 1. The lowest BCUT2D eigenvalue weighted by Gasteiger charge is -2.16. The molecule has 1 aromatic carbocycles. The lowest BCUT2D eigenvalue weighted by molar-refractivity contribution is -0.117. The number of nitrogens with zero attached hydrogens (tertiary/aromatic N) is 2. The zero-order chi connectivity index (χ0) is 13.8. The largest absolute Gasteiger partial charge is 0.315 e. The maximum atomic E-state index is 11.6. The Balaban J connectivity index is 2.97. The minimum Gasteiger partial charge on any atom is -0.315 e. The molecule has 0 fully saturated rings. The molecule has 0 saturated heterocycles. The number of amides is 1. The predicted octanol–water partition coefficient (Wildman–Crippen LogP) is 1.36. The van der Waals surface area contributed by atoms with Gasteiger partial charge in [-0.15, -0.1) is 0 Å². The first-order valence-electron chi connectivity index (χ1n) is 5.38. The Morgan fingerprint density at radius 2 is 1.89 bits per heavy atom. The molecule has 1 rings (SSSR count). The number of carbonyl (C=O) groups is 1. The lowest BCUT2D eigenvalue weighted by atomic mass is 10.3. The molecule has 18 heavy (non-hydrogen) atoms. The molecule has 0 aliphatic carbocycles. The summed E-state index contributed by atoms with van der Waals surface area (Å²) in [4.78, 5) is 13.0. The van der Waals surface area contributed by atoms with Crippen molar-refractivity contribution in [2.45, 2.75) is 18.2 Å². The van der Waals surface area contributed by atoms with Crippen molar-refractivity contribution in [2.75, 3.05) is 17.7 Å². The summed E-state index contributed by atoms with van der Waals surface area (Å²) in [6.45, 7) is 1.58. The van der Waals surface area contributed by atoms with Crippen LogP contribution in [0.15, 0.2) is 29.2 Å². The summed E-state index contributed by atoms with van der Waals surface area (Å²) in [5, 5.41) is 8.44. The van der Waals surface area contributed by atoms with Crippen LogP contribution >= 0.6 is 0 Å². The predicted molar refractivity (Wildman–Crippen MR) is 67.8 cm³/mol. The van der Waals surface area contributed by atoms with Gasteiger partial charge in [-0.1, -0.05) is 6.92 Å². The number of carbonyl (C=O) groups excluding carboxylic acids is 1. The third kappa shape index (κ3) is 3.08. The molecule has 0 aromatic heterocycles. The summed E-state index contributed by atoms with van der Waals surface area (Å²) in [6, 6.07) is 7.81. The SMILES string of the molecule is CCS(=O)(=O)c1ccc(N(C)C(=O)CC#N)cc1. The highest BCUT2D eigenvalue weighted by molar-refractivity contribution is 7.91. The molecule has 0 aliphatic rings. The van der Waals surface area contributed by atoms with Crippen molar-refractivity contribution >= 4 is 21.4 Å². The van der Waals surface area contributed by atoms with E-state index in [9.17, 15) is 13.2 Å². The molecule has 0 aliphatic heterocycles. The van der Waals surface area contributed by atoms with E-state index < -0.39 is 9.84 Å². The fraction of sp³-hybridized carbons (Fsp3) is 0.333. The van der Waals surface area contributed by atoms with Crippen molar-refractivity contribution in [3.63, 3.8) is 0 Å². The van der Waals surface area contributed by atoms with E-state index >= 15 is 0 Å². The van der Waals surface area contributed by atoms with Gasteiger partial charge in [0.15, 0.2) is 9.84 Å². The molecule has 6 heteroatoms. The summed E-state index contributed by atoms with van der Waals surface area (Å²) in [5.74, 6) is -0.293. The average Bonchev–Trinajstić information content (AvgIpc) is 2.38. The molecule has 0 N–H and O–H groups in total. The summed E-state index contributed by atoms with van der Waals surface area (Å²) in [6.07, 6.45) is -0.203. The molecule has 0 unspecified atom stereocenters. The van der Waals surface area contributed by atoms with Crippen molar-refractivity contribution in [3.05, 3.63) is 24.3 Å². The van der Waals surface area contributed by atoms with Crippen LogP contribution in [0.4, 0.5) is 5.69 Å². The average molecular weight is 266 g/mol. The normalized spacial score (nSPS) is 10.7. The molecule has 1 amide bonds. The second kappa shape index (κ2) is 5.65.